The lowest BCUT2D eigenvalue weighted by Crippen LogP contribution is -2.33. The topological polar surface area (TPSA) is 38.8 Å². The highest BCUT2D eigenvalue weighted by atomic mass is 16.5. The van der Waals surface area contributed by atoms with Crippen LogP contribution in [0, 0.1) is 0 Å². The normalized spacial score (nSPS) is 17.4. The Bertz CT molecular complexity index is 679. The molecule has 0 saturated carbocycles. The average Bonchev–Trinajstić information content (AvgIpc) is 2.67. The van der Waals surface area contributed by atoms with Crippen molar-refractivity contribution >= 4 is 11.7 Å². The molecule has 1 aliphatic rings. The number of benzene rings is 2. The van der Waals surface area contributed by atoms with Crippen LogP contribution in [0.3, 0.4) is 0 Å². The van der Waals surface area contributed by atoms with E-state index >= 15 is 0 Å². The lowest BCUT2D eigenvalue weighted by atomic mass is 9.94. The maximum Gasteiger partial charge on any atom is 0.337 e. The maximum atomic E-state index is 11.6. The molecule has 24 heavy (non-hydrogen) atoms. The molecule has 0 spiro atoms. The number of esters is 1. The summed E-state index contributed by atoms with van der Waals surface area (Å²) in [5, 5.41) is 0. The molecule has 0 aromatic heterocycles. The van der Waals surface area contributed by atoms with Crippen molar-refractivity contribution in [1.29, 1.82) is 0 Å². The fraction of sp³-hybridized carbons (Fsp3) is 0.350. The minimum Gasteiger partial charge on any atom is -0.497 e. The van der Waals surface area contributed by atoms with Gasteiger partial charge in [-0.15, -0.1) is 0 Å². The first-order valence-corrected chi connectivity index (χ1v) is 8.32. The van der Waals surface area contributed by atoms with Gasteiger partial charge in [0.1, 0.15) is 5.75 Å². The number of piperidine rings is 1. The van der Waals surface area contributed by atoms with Gasteiger partial charge in [0.2, 0.25) is 0 Å². The van der Waals surface area contributed by atoms with Gasteiger partial charge in [0.15, 0.2) is 0 Å². The number of nitrogens with zero attached hydrogens (tertiary/aromatic N) is 1. The van der Waals surface area contributed by atoms with Crippen molar-refractivity contribution in [2.24, 2.45) is 0 Å². The molecule has 3 rings (SSSR count). The zero-order valence-corrected chi connectivity index (χ0v) is 14.2. The summed E-state index contributed by atoms with van der Waals surface area (Å²) in [7, 11) is 3.09. The van der Waals surface area contributed by atoms with Crippen LogP contribution < -0.4 is 9.64 Å². The molecule has 1 unspecified atom stereocenters. The Morgan fingerprint density at radius 3 is 2.33 bits per heavy atom. The van der Waals surface area contributed by atoms with Gasteiger partial charge in [-0.2, -0.15) is 0 Å². The number of ether oxygens (including phenoxy) is 2. The van der Waals surface area contributed by atoms with E-state index in [0.717, 1.165) is 18.7 Å². The number of rotatable bonds is 4. The summed E-state index contributed by atoms with van der Waals surface area (Å²) < 4.78 is 10.0. The van der Waals surface area contributed by atoms with Crippen molar-refractivity contribution in [1.82, 2.24) is 0 Å². The number of hydrogen-bond donors (Lipinski definition) is 0. The molecule has 1 heterocycles. The third-order valence-electron chi connectivity index (χ3n) is 4.62. The zero-order valence-electron chi connectivity index (χ0n) is 14.2. The highest BCUT2D eigenvalue weighted by Crippen LogP contribution is 2.35. The van der Waals surface area contributed by atoms with Gasteiger partial charge in [-0.05, 0) is 61.2 Å². The Kier molecular flexibility index (Phi) is 5.04. The zero-order chi connectivity index (χ0) is 16.9. The number of anilines is 1. The Balaban J connectivity index is 1.84. The maximum absolute atomic E-state index is 11.6. The predicted octanol–water partition coefficient (Wildman–Crippen LogP) is 4.21. The highest BCUT2D eigenvalue weighted by Gasteiger charge is 2.24. The minimum absolute atomic E-state index is 0.294. The summed E-state index contributed by atoms with van der Waals surface area (Å²) >= 11 is 0. The fourth-order valence-electron chi connectivity index (χ4n) is 3.32. The Labute approximate surface area is 143 Å². The monoisotopic (exact) mass is 325 g/mol. The van der Waals surface area contributed by atoms with E-state index in [-0.39, 0.29) is 5.97 Å². The van der Waals surface area contributed by atoms with E-state index in [0.29, 0.717) is 11.6 Å². The van der Waals surface area contributed by atoms with Crippen molar-refractivity contribution in [2.45, 2.75) is 25.3 Å². The molecule has 1 saturated heterocycles. The second-order valence-electron chi connectivity index (χ2n) is 6.02. The van der Waals surface area contributed by atoms with E-state index in [1.54, 1.807) is 7.11 Å². The van der Waals surface area contributed by atoms with Gasteiger partial charge < -0.3 is 14.4 Å². The molecule has 2 aromatic carbocycles. The van der Waals surface area contributed by atoms with Gasteiger partial charge in [-0.25, -0.2) is 4.79 Å². The first kappa shape index (κ1) is 16.4. The van der Waals surface area contributed by atoms with Gasteiger partial charge in [0.25, 0.3) is 0 Å². The molecule has 1 aliphatic heterocycles. The SMILES string of the molecule is COC(=O)c1ccc(C2CCCCN2c2ccc(OC)cc2)cc1. The van der Waals surface area contributed by atoms with E-state index in [9.17, 15) is 4.79 Å². The summed E-state index contributed by atoms with van der Waals surface area (Å²) in [5.41, 5.74) is 3.03. The van der Waals surface area contributed by atoms with Gasteiger partial charge in [0.05, 0.1) is 25.8 Å². The van der Waals surface area contributed by atoms with Gasteiger partial charge in [-0.3, -0.25) is 0 Å². The number of carbonyl (C=O) groups is 1. The predicted molar refractivity (Wildman–Crippen MR) is 94.7 cm³/mol. The van der Waals surface area contributed by atoms with Crippen LogP contribution in [0.4, 0.5) is 5.69 Å². The third kappa shape index (κ3) is 3.37. The fourth-order valence-corrected chi connectivity index (χ4v) is 3.32. The highest BCUT2D eigenvalue weighted by molar-refractivity contribution is 5.89. The number of methoxy groups -OCH3 is 2. The van der Waals surface area contributed by atoms with Gasteiger partial charge >= 0.3 is 5.97 Å². The Hall–Kier alpha value is -2.49. The second-order valence-corrected chi connectivity index (χ2v) is 6.02. The molecule has 0 amide bonds. The molecule has 4 heteroatoms. The molecule has 4 nitrogen and oxygen atoms in total. The van der Waals surface area contributed by atoms with Crippen LogP contribution in [0.15, 0.2) is 48.5 Å². The van der Waals surface area contributed by atoms with Crippen LogP contribution in [-0.2, 0) is 4.74 Å². The van der Waals surface area contributed by atoms with E-state index in [2.05, 4.69) is 17.0 Å². The summed E-state index contributed by atoms with van der Waals surface area (Å²) in [6, 6.07) is 16.3. The molecule has 0 N–H and O–H groups in total. The molecule has 0 aliphatic carbocycles. The molecule has 1 fully saturated rings. The first-order chi connectivity index (χ1) is 11.7. The molecule has 126 valence electrons. The Morgan fingerprint density at radius 1 is 1.00 bits per heavy atom. The third-order valence-corrected chi connectivity index (χ3v) is 4.62. The average molecular weight is 325 g/mol. The molecule has 2 aromatic rings. The van der Waals surface area contributed by atoms with Crippen molar-refractivity contribution in [3.05, 3.63) is 59.7 Å². The lowest BCUT2D eigenvalue weighted by molar-refractivity contribution is 0.0600. The number of hydrogen-bond acceptors (Lipinski definition) is 4. The molecule has 0 bridgehead atoms. The number of carbonyl (C=O) groups excluding carboxylic acids is 1. The first-order valence-electron chi connectivity index (χ1n) is 8.32. The summed E-state index contributed by atoms with van der Waals surface area (Å²) in [4.78, 5) is 14.0. The minimum atomic E-state index is -0.294. The standard InChI is InChI=1S/C20H23NO3/c1-23-18-12-10-17(11-13-18)21-14-4-3-5-19(21)15-6-8-16(9-7-15)20(22)24-2/h6-13,19H,3-5,14H2,1-2H3. The van der Waals surface area contributed by atoms with Crippen LogP contribution in [-0.4, -0.2) is 26.7 Å². The molecule has 0 radical (unpaired) electrons. The summed E-state index contributed by atoms with van der Waals surface area (Å²) in [5.74, 6) is 0.576. The van der Waals surface area contributed by atoms with E-state index < -0.39 is 0 Å². The van der Waals surface area contributed by atoms with E-state index in [1.165, 1.54) is 31.2 Å². The van der Waals surface area contributed by atoms with E-state index in [1.807, 2.05) is 36.4 Å². The summed E-state index contributed by atoms with van der Waals surface area (Å²) in [6.45, 7) is 1.04. The van der Waals surface area contributed by atoms with Gasteiger partial charge in [-0.1, -0.05) is 12.1 Å². The van der Waals surface area contributed by atoms with Crippen molar-refractivity contribution in [3.8, 4) is 5.75 Å². The Morgan fingerprint density at radius 2 is 1.71 bits per heavy atom. The largest absolute Gasteiger partial charge is 0.497 e. The van der Waals surface area contributed by atoms with Crippen molar-refractivity contribution in [3.63, 3.8) is 0 Å². The van der Waals surface area contributed by atoms with E-state index in [4.69, 9.17) is 9.47 Å². The van der Waals surface area contributed by atoms with Crippen LogP contribution in [0.25, 0.3) is 0 Å². The van der Waals surface area contributed by atoms with Crippen LogP contribution in [0.2, 0.25) is 0 Å². The molecular formula is C20H23NO3. The smallest absolute Gasteiger partial charge is 0.337 e. The molecule has 1 atom stereocenters. The van der Waals surface area contributed by atoms with Crippen molar-refractivity contribution < 1.29 is 14.3 Å². The quantitative estimate of drug-likeness (QED) is 0.789. The van der Waals surface area contributed by atoms with Crippen molar-refractivity contribution in [2.75, 3.05) is 25.7 Å². The molecular weight excluding hydrogens is 302 g/mol. The second kappa shape index (κ2) is 7.39. The van der Waals surface area contributed by atoms with Crippen LogP contribution in [0.1, 0.15) is 41.2 Å². The van der Waals surface area contributed by atoms with Gasteiger partial charge in [0, 0.05) is 12.2 Å². The van der Waals surface area contributed by atoms with Crippen LogP contribution >= 0.6 is 0 Å². The lowest BCUT2D eigenvalue weighted by Gasteiger charge is -2.38. The summed E-state index contributed by atoms with van der Waals surface area (Å²) in [6.07, 6.45) is 3.53. The van der Waals surface area contributed by atoms with Crippen LogP contribution in [0.5, 0.6) is 5.75 Å².